The van der Waals surface area contributed by atoms with Crippen LogP contribution in [0.4, 0.5) is 11.4 Å². The fourth-order valence-electron chi connectivity index (χ4n) is 2.62. The largest absolute Gasteiger partial charge is 0.378 e. The first-order valence-electron chi connectivity index (χ1n) is 8.17. The van der Waals surface area contributed by atoms with Crippen LogP contribution >= 0.6 is 0 Å². The van der Waals surface area contributed by atoms with E-state index >= 15 is 0 Å². The maximum absolute atomic E-state index is 4.32. The number of hydrogen-bond acceptors (Lipinski definition) is 5. The van der Waals surface area contributed by atoms with Gasteiger partial charge in [-0.2, -0.15) is 0 Å². The monoisotopic (exact) mass is 321 g/mol. The molecule has 1 heterocycles. The van der Waals surface area contributed by atoms with Crippen molar-refractivity contribution in [3.63, 3.8) is 0 Å². The van der Waals surface area contributed by atoms with Gasteiger partial charge in [0.15, 0.2) is 6.17 Å². The zero-order valence-corrected chi connectivity index (χ0v) is 14.4. The molecule has 5 heteroatoms. The molecule has 1 atom stereocenters. The third kappa shape index (κ3) is 3.40. The number of hydrogen-bond donors (Lipinski definition) is 0. The van der Waals surface area contributed by atoms with E-state index < -0.39 is 0 Å². The van der Waals surface area contributed by atoms with E-state index in [1.54, 1.807) is 0 Å². The molecule has 24 heavy (non-hydrogen) atoms. The van der Waals surface area contributed by atoms with Gasteiger partial charge in [-0.05, 0) is 48.1 Å². The number of anilines is 2. The Kier molecular flexibility index (Phi) is 4.79. The standard InChI is InChI=1S/C19H23N5/c1-4-23-19(24(21-20-23)18-8-6-5-7-9-18)15-12-16-10-13-17(14-11-16)22(2)3/h5-15,19H,4H2,1-3H3/b15-12+. The highest BCUT2D eigenvalue weighted by atomic mass is 15.8. The number of rotatable bonds is 5. The van der Waals surface area contributed by atoms with Crippen LogP contribution in [0, 0.1) is 0 Å². The van der Waals surface area contributed by atoms with E-state index in [-0.39, 0.29) is 6.17 Å². The zero-order chi connectivity index (χ0) is 16.9. The third-order valence-electron chi connectivity index (χ3n) is 4.02. The first-order chi connectivity index (χ1) is 11.7. The highest BCUT2D eigenvalue weighted by molar-refractivity contribution is 5.57. The second kappa shape index (κ2) is 7.17. The molecule has 124 valence electrons. The van der Waals surface area contributed by atoms with Gasteiger partial charge < -0.3 is 4.90 Å². The Labute approximate surface area is 143 Å². The van der Waals surface area contributed by atoms with Crippen LogP contribution in [0.1, 0.15) is 12.5 Å². The van der Waals surface area contributed by atoms with Crippen molar-refractivity contribution in [2.45, 2.75) is 13.1 Å². The summed E-state index contributed by atoms with van der Waals surface area (Å²) in [5.74, 6) is 0. The minimum absolute atomic E-state index is 0.00840. The lowest BCUT2D eigenvalue weighted by molar-refractivity contribution is 0.282. The van der Waals surface area contributed by atoms with Crippen LogP contribution in [0.25, 0.3) is 6.08 Å². The van der Waals surface area contributed by atoms with E-state index in [0.717, 1.165) is 17.8 Å². The Morgan fingerprint density at radius 1 is 1.00 bits per heavy atom. The lowest BCUT2D eigenvalue weighted by atomic mass is 10.1. The van der Waals surface area contributed by atoms with Crippen LogP contribution in [-0.2, 0) is 0 Å². The maximum atomic E-state index is 4.32. The molecule has 0 spiro atoms. The van der Waals surface area contributed by atoms with E-state index in [0.29, 0.717) is 0 Å². The summed E-state index contributed by atoms with van der Waals surface area (Å²) in [5, 5.41) is 12.5. The quantitative estimate of drug-likeness (QED) is 0.827. The molecule has 3 rings (SSSR count). The van der Waals surface area contributed by atoms with Crippen molar-refractivity contribution in [3.8, 4) is 0 Å². The second-order valence-corrected chi connectivity index (χ2v) is 5.87. The van der Waals surface area contributed by atoms with Crippen LogP contribution in [0.15, 0.2) is 71.1 Å². The summed E-state index contributed by atoms with van der Waals surface area (Å²) >= 11 is 0. The van der Waals surface area contributed by atoms with Crippen LogP contribution in [0.3, 0.4) is 0 Å². The van der Waals surface area contributed by atoms with Gasteiger partial charge in [-0.15, -0.1) is 0 Å². The van der Waals surface area contributed by atoms with Gasteiger partial charge in [0.05, 0.1) is 5.69 Å². The zero-order valence-electron chi connectivity index (χ0n) is 14.4. The minimum atomic E-state index is -0.00840. The lowest BCUT2D eigenvalue weighted by Crippen LogP contribution is -2.36. The molecule has 2 aromatic rings. The van der Waals surface area contributed by atoms with Crippen molar-refractivity contribution in [2.75, 3.05) is 30.5 Å². The Bertz CT molecular complexity index is 706. The molecule has 0 bridgehead atoms. The van der Waals surface area contributed by atoms with Crippen LogP contribution in [0.5, 0.6) is 0 Å². The van der Waals surface area contributed by atoms with Gasteiger partial charge in [-0.25, -0.2) is 10.0 Å². The van der Waals surface area contributed by atoms with Gasteiger partial charge in [0, 0.05) is 26.3 Å². The van der Waals surface area contributed by atoms with E-state index in [2.05, 4.69) is 58.7 Å². The maximum Gasteiger partial charge on any atom is 0.161 e. The van der Waals surface area contributed by atoms with E-state index in [9.17, 15) is 0 Å². The molecule has 0 saturated carbocycles. The average molecular weight is 321 g/mol. The molecule has 1 aliphatic rings. The van der Waals surface area contributed by atoms with E-state index in [4.69, 9.17) is 0 Å². The van der Waals surface area contributed by atoms with Crippen LogP contribution in [0.2, 0.25) is 0 Å². The summed E-state index contributed by atoms with van der Waals surface area (Å²) in [6, 6.07) is 18.6. The van der Waals surface area contributed by atoms with Gasteiger partial charge >= 0.3 is 0 Å². The third-order valence-corrected chi connectivity index (χ3v) is 4.02. The first kappa shape index (κ1) is 16.1. The highest BCUT2D eigenvalue weighted by Crippen LogP contribution is 2.26. The molecule has 0 aromatic heterocycles. The lowest BCUT2D eigenvalue weighted by Gasteiger charge is -2.24. The van der Waals surface area contributed by atoms with Gasteiger partial charge in [0.1, 0.15) is 0 Å². The molecule has 0 amide bonds. The molecule has 5 nitrogen and oxygen atoms in total. The molecular weight excluding hydrogens is 298 g/mol. The Balaban J connectivity index is 1.80. The summed E-state index contributed by atoms with van der Waals surface area (Å²) in [5.41, 5.74) is 3.39. The number of likely N-dealkylation sites (N-methyl/N-ethyl adjacent to an activating group) is 1. The molecule has 0 fully saturated rings. The van der Waals surface area contributed by atoms with Crippen molar-refractivity contribution in [2.24, 2.45) is 10.4 Å². The molecular formula is C19H23N5. The minimum Gasteiger partial charge on any atom is -0.378 e. The van der Waals surface area contributed by atoms with Crippen LogP contribution in [-0.4, -0.2) is 31.8 Å². The predicted molar refractivity (Wildman–Crippen MR) is 99.7 cm³/mol. The van der Waals surface area contributed by atoms with Crippen molar-refractivity contribution in [1.82, 2.24) is 5.01 Å². The summed E-state index contributed by atoms with van der Waals surface area (Å²) in [6.45, 7) is 2.89. The number of nitrogens with zero attached hydrogens (tertiary/aromatic N) is 5. The summed E-state index contributed by atoms with van der Waals surface area (Å²) in [4.78, 5) is 2.10. The summed E-state index contributed by atoms with van der Waals surface area (Å²) < 4.78 is 0. The molecule has 0 N–H and O–H groups in total. The smallest absolute Gasteiger partial charge is 0.161 e. The average Bonchev–Trinajstić information content (AvgIpc) is 3.04. The fourth-order valence-corrected chi connectivity index (χ4v) is 2.62. The first-order valence-corrected chi connectivity index (χ1v) is 8.17. The normalized spacial score (nSPS) is 17.0. The molecule has 2 aromatic carbocycles. The Hall–Kier alpha value is -2.82. The van der Waals surface area contributed by atoms with Crippen molar-refractivity contribution < 1.29 is 0 Å². The number of benzene rings is 2. The Morgan fingerprint density at radius 3 is 2.33 bits per heavy atom. The van der Waals surface area contributed by atoms with Crippen molar-refractivity contribution in [1.29, 1.82) is 0 Å². The topological polar surface area (TPSA) is 34.4 Å². The Morgan fingerprint density at radius 2 is 1.71 bits per heavy atom. The van der Waals surface area contributed by atoms with E-state index in [1.807, 2.05) is 54.4 Å². The second-order valence-electron chi connectivity index (χ2n) is 5.87. The summed E-state index contributed by atoms with van der Waals surface area (Å²) in [7, 11) is 4.09. The fraction of sp³-hybridized carbons (Fsp3) is 0.263. The van der Waals surface area contributed by atoms with Gasteiger partial charge in [0.2, 0.25) is 0 Å². The molecule has 0 saturated heterocycles. The van der Waals surface area contributed by atoms with Gasteiger partial charge in [0.25, 0.3) is 0 Å². The molecule has 0 aliphatic carbocycles. The molecule has 1 unspecified atom stereocenters. The van der Waals surface area contributed by atoms with Gasteiger partial charge in [-0.1, -0.05) is 41.6 Å². The van der Waals surface area contributed by atoms with Crippen molar-refractivity contribution in [3.05, 3.63) is 66.2 Å². The molecule has 1 aliphatic heterocycles. The predicted octanol–water partition coefficient (Wildman–Crippen LogP) is 4.22. The SMILES string of the molecule is CCN1N=NN(c2ccccc2)C1/C=C/c1ccc(N(C)C)cc1. The van der Waals surface area contributed by atoms with E-state index in [1.165, 1.54) is 5.69 Å². The van der Waals surface area contributed by atoms with Gasteiger partial charge in [-0.3, -0.25) is 0 Å². The van der Waals surface area contributed by atoms with Crippen molar-refractivity contribution >= 4 is 17.5 Å². The highest BCUT2D eigenvalue weighted by Gasteiger charge is 2.27. The summed E-state index contributed by atoms with van der Waals surface area (Å²) in [6.07, 6.45) is 4.26. The van der Waals surface area contributed by atoms with Crippen LogP contribution < -0.4 is 9.91 Å². The number of para-hydroxylation sites is 1. The molecule has 0 radical (unpaired) electrons.